The van der Waals surface area contributed by atoms with Crippen molar-refractivity contribution in [3.63, 3.8) is 0 Å². The van der Waals surface area contributed by atoms with Crippen LogP contribution in [0.5, 0.6) is 0 Å². The average molecular weight is 319 g/mol. The molecule has 1 aliphatic carbocycles. The Labute approximate surface area is 139 Å². The van der Waals surface area contributed by atoms with Crippen LogP contribution in [0, 0.1) is 0 Å². The minimum atomic E-state index is -0.554. The van der Waals surface area contributed by atoms with Crippen molar-refractivity contribution in [2.24, 2.45) is 0 Å². The molecule has 1 fully saturated rings. The minimum absolute atomic E-state index is 0.190. The molecule has 0 bridgehead atoms. The molecule has 1 saturated carbocycles. The van der Waals surface area contributed by atoms with E-state index in [1.165, 1.54) is 0 Å². The maximum atomic E-state index is 12.5. The highest BCUT2D eigenvalue weighted by atomic mass is 16.5. The van der Waals surface area contributed by atoms with E-state index in [0.717, 1.165) is 29.3 Å². The summed E-state index contributed by atoms with van der Waals surface area (Å²) in [5.41, 5.74) is 1.87. The summed E-state index contributed by atoms with van der Waals surface area (Å²) in [6, 6.07) is 17.2. The van der Waals surface area contributed by atoms with Gasteiger partial charge in [-0.05, 0) is 24.5 Å². The van der Waals surface area contributed by atoms with Gasteiger partial charge in [0, 0.05) is 22.7 Å². The van der Waals surface area contributed by atoms with Crippen LogP contribution in [0.15, 0.2) is 60.8 Å². The zero-order chi connectivity index (χ0) is 16.6. The lowest BCUT2D eigenvalue weighted by molar-refractivity contribution is -0.145. The zero-order valence-corrected chi connectivity index (χ0v) is 13.1. The van der Waals surface area contributed by atoms with Gasteiger partial charge >= 0.3 is 5.97 Å². The molecule has 0 atom stereocenters. The molecule has 0 radical (unpaired) electrons. The first-order valence-electron chi connectivity index (χ1n) is 8.03. The number of benzene rings is 2. The summed E-state index contributed by atoms with van der Waals surface area (Å²) in [6.07, 6.45) is 3.22. The third-order valence-electron chi connectivity index (χ3n) is 4.69. The number of rotatable bonds is 5. The van der Waals surface area contributed by atoms with Crippen molar-refractivity contribution in [1.82, 2.24) is 4.98 Å². The molecule has 0 amide bonds. The molecule has 3 aromatic rings. The molecule has 1 aliphatic rings. The lowest BCUT2D eigenvalue weighted by Gasteiger charge is -2.14. The SMILES string of the molecule is O=C(COC(=O)C1(c2ccccc2)CC1)c1c[nH]c2ccccc12. The first-order chi connectivity index (χ1) is 11.7. The number of Topliss-reactive ketones (excluding diaryl/α,β-unsaturated/α-hetero) is 1. The van der Waals surface area contributed by atoms with Crippen LogP contribution >= 0.6 is 0 Å². The van der Waals surface area contributed by atoms with Gasteiger partial charge in [-0.25, -0.2) is 0 Å². The Kier molecular flexibility index (Phi) is 3.45. The van der Waals surface area contributed by atoms with Gasteiger partial charge in [0.15, 0.2) is 6.61 Å². The van der Waals surface area contributed by atoms with Crippen molar-refractivity contribution in [3.05, 3.63) is 71.9 Å². The van der Waals surface area contributed by atoms with Crippen molar-refractivity contribution in [3.8, 4) is 0 Å². The fourth-order valence-corrected chi connectivity index (χ4v) is 3.14. The van der Waals surface area contributed by atoms with Gasteiger partial charge in [-0.15, -0.1) is 0 Å². The third kappa shape index (κ3) is 2.40. The summed E-state index contributed by atoms with van der Waals surface area (Å²) < 4.78 is 5.36. The van der Waals surface area contributed by atoms with Gasteiger partial charge in [0.1, 0.15) is 0 Å². The van der Waals surface area contributed by atoms with Gasteiger partial charge in [0.2, 0.25) is 5.78 Å². The van der Waals surface area contributed by atoms with Crippen molar-refractivity contribution >= 4 is 22.7 Å². The average Bonchev–Trinajstić information content (AvgIpc) is 3.33. The second kappa shape index (κ2) is 5.64. The Balaban J connectivity index is 1.47. The van der Waals surface area contributed by atoms with E-state index in [1.807, 2.05) is 54.6 Å². The number of esters is 1. The molecule has 4 rings (SSSR count). The predicted molar refractivity (Wildman–Crippen MR) is 90.9 cm³/mol. The van der Waals surface area contributed by atoms with Crippen LogP contribution in [0.3, 0.4) is 0 Å². The number of ketones is 1. The van der Waals surface area contributed by atoms with E-state index in [4.69, 9.17) is 4.74 Å². The Morgan fingerprint density at radius 1 is 1.00 bits per heavy atom. The number of carbonyl (C=O) groups excluding carboxylic acids is 2. The Morgan fingerprint density at radius 3 is 2.46 bits per heavy atom. The van der Waals surface area contributed by atoms with E-state index >= 15 is 0 Å². The van der Waals surface area contributed by atoms with Crippen LogP contribution in [0.25, 0.3) is 10.9 Å². The number of aromatic amines is 1. The van der Waals surface area contributed by atoms with E-state index < -0.39 is 5.41 Å². The molecule has 1 aromatic heterocycles. The number of nitrogens with one attached hydrogen (secondary N) is 1. The van der Waals surface area contributed by atoms with E-state index in [1.54, 1.807) is 6.20 Å². The Morgan fingerprint density at radius 2 is 1.71 bits per heavy atom. The monoisotopic (exact) mass is 319 g/mol. The van der Waals surface area contributed by atoms with Crippen molar-refractivity contribution < 1.29 is 14.3 Å². The summed E-state index contributed by atoms with van der Waals surface area (Å²) >= 11 is 0. The quantitative estimate of drug-likeness (QED) is 0.577. The molecular weight excluding hydrogens is 302 g/mol. The molecule has 1 N–H and O–H groups in total. The molecule has 4 heteroatoms. The molecule has 1 heterocycles. The molecule has 4 nitrogen and oxygen atoms in total. The maximum Gasteiger partial charge on any atom is 0.317 e. The number of H-pyrrole nitrogens is 1. The van der Waals surface area contributed by atoms with E-state index in [0.29, 0.717) is 5.56 Å². The fourth-order valence-electron chi connectivity index (χ4n) is 3.14. The van der Waals surface area contributed by atoms with Gasteiger partial charge in [-0.2, -0.15) is 0 Å². The smallest absolute Gasteiger partial charge is 0.317 e. The zero-order valence-electron chi connectivity index (χ0n) is 13.1. The molecule has 120 valence electrons. The number of carbonyl (C=O) groups is 2. The van der Waals surface area contributed by atoms with Crippen molar-refractivity contribution in [1.29, 1.82) is 0 Å². The number of para-hydroxylation sites is 1. The van der Waals surface area contributed by atoms with Gasteiger partial charge < -0.3 is 9.72 Å². The van der Waals surface area contributed by atoms with E-state index in [2.05, 4.69) is 4.98 Å². The second-order valence-electron chi connectivity index (χ2n) is 6.20. The molecular formula is C20H17NO3. The second-order valence-corrected chi connectivity index (χ2v) is 6.20. The van der Waals surface area contributed by atoms with Crippen LogP contribution in [-0.4, -0.2) is 23.3 Å². The number of hydrogen-bond acceptors (Lipinski definition) is 3. The third-order valence-corrected chi connectivity index (χ3v) is 4.69. The first kappa shape index (κ1) is 14.7. The Hall–Kier alpha value is -2.88. The van der Waals surface area contributed by atoms with Crippen LogP contribution < -0.4 is 0 Å². The lowest BCUT2D eigenvalue weighted by Crippen LogP contribution is -2.25. The van der Waals surface area contributed by atoms with Crippen molar-refractivity contribution in [2.75, 3.05) is 6.61 Å². The van der Waals surface area contributed by atoms with E-state index in [-0.39, 0.29) is 18.4 Å². The summed E-state index contributed by atoms with van der Waals surface area (Å²) in [4.78, 5) is 28.0. The van der Waals surface area contributed by atoms with Crippen LogP contribution in [-0.2, 0) is 14.9 Å². The topological polar surface area (TPSA) is 59.2 Å². The highest BCUT2D eigenvalue weighted by Gasteiger charge is 2.52. The molecule has 2 aromatic carbocycles. The minimum Gasteiger partial charge on any atom is -0.457 e. The van der Waals surface area contributed by atoms with Gasteiger partial charge in [0.05, 0.1) is 5.41 Å². The van der Waals surface area contributed by atoms with Crippen LogP contribution in [0.2, 0.25) is 0 Å². The maximum absolute atomic E-state index is 12.5. The molecule has 0 saturated heterocycles. The number of ether oxygens (including phenoxy) is 1. The van der Waals surface area contributed by atoms with Crippen molar-refractivity contribution in [2.45, 2.75) is 18.3 Å². The fraction of sp³-hybridized carbons (Fsp3) is 0.200. The summed E-state index contributed by atoms with van der Waals surface area (Å²) in [6.45, 7) is -0.227. The predicted octanol–water partition coefficient (Wildman–Crippen LogP) is 3.63. The highest BCUT2D eigenvalue weighted by Crippen LogP contribution is 2.49. The number of aromatic nitrogens is 1. The van der Waals surface area contributed by atoms with Crippen LogP contribution in [0.4, 0.5) is 0 Å². The first-order valence-corrected chi connectivity index (χ1v) is 8.03. The van der Waals surface area contributed by atoms with Crippen LogP contribution in [0.1, 0.15) is 28.8 Å². The van der Waals surface area contributed by atoms with Gasteiger partial charge in [-0.3, -0.25) is 9.59 Å². The van der Waals surface area contributed by atoms with E-state index in [9.17, 15) is 9.59 Å². The summed E-state index contributed by atoms with van der Waals surface area (Å²) in [5, 5.41) is 0.850. The van der Waals surface area contributed by atoms with Gasteiger partial charge in [0.25, 0.3) is 0 Å². The number of fused-ring (bicyclic) bond motifs is 1. The Bertz CT molecular complexity index is 907. The standard InChI is InChI=1S/C20H17NO3/c22-18(16-12-21-17-9-5-4-8-15(16)17)13-24-19(23)20(10-11-20)14-6-2-1-3-7-14/h1-9,12,21H,10-11,13H2. The summed E-state index contributed by atoms with van der Waals surface area (Å²) in [5.74, 6) is -0.494. The number of hydrogen-bond donors (Lipinski definition) is 1. The molecule has 0 unspecified atom stereocenters. The molecule has 0 spiro atoms. The summed E-state index contributed by atoms with van der Waals surface area (Å²) in [7, 11) is 0. The molecule has 24 heavy (non-hydrogen) atoms. The normalized spacial score (nSPS) is 15.2. The highest BCUT2D eigenvalue weighted by molar-refractivity contribution is 6.09. The molecule has 0 aliphatic heterocycles. The van der Waals surface area contributed by atoms with Gasteiger partial charge in [-0.1, -0.05) is 48.5 Å². The lowest BCUT2D eigenvalue weighted by atomic mass is 9.96. The largest absolute Gasteiger partial charge is 0.457 e.